The van der Waals surface area contributed by atoms with Crippen molar-refractivity contribution < 1.29 is 12.8 Å². The molecule has 1 aromatic rings. The molecule has 0 aromatic carbocycles. The van der Waals surface area contributed by atoms with Crippen molar-refractivity contribution in [2.24, 2.45) is 0 Å². The predicted octanol–water partition coefficient (Wildman–Crippen LogP) is 1.58. The van der Waals surface area contributed by atoms with Gasteiger partial charge in [-0.2, -0.15) is 4.31 Å². The minimum Gasteiger partial charge on any atom is -0.241 e. The Morgan fingerprint density at radius 1 is 1.35 bits per heavy atom. The van der Waals surface area contributed by atoms with Gasteiger partial charge in [0.1, 0.15) is 0 Å². The number of rotatable bonds is 6. The van der Waals surface area contributed by atoms with Crippen LogP contribution >= 0.6 is 0 Å². The fourth-order valence-corrected chi connectivity index (χ4v) is 2.60. The minimum atomic E-state index is -3.95. The molecule has 0 unspecified atom stereocenters. The Balaban J connectivity index is 3.20. The molecule has 6 heteroatoms. The first-order chi connectivity index (χ1) is 8.04. The Morgan fingerprint density at radius 2 is 1.94 bits per heavy atom. The van der Waals surface area contributed by atoms with Gasteiger partial charge >= 0.3 is 0 Å². The van der Waals surface area contributed by atoms with E-state index in [9.17, 15) is 12.8 Å². The van der Waals surface area contributed by atoms with Gasteiger partial charge in [-0.15, -0.1) is 13.2 Å². The molecule has 0 amide bonds. The number of hydrogen-bond donors (Lipinski definition) is 0. The first-order valence-electron chi connectivity index (χ1n) is 4.86. The summed E-state index contributed by atoms with van der Waals surface area (Å²) in [6.45, 7) is 7.06. The molecule has 0 saturated heterocycles. The molecule has 17 heavy (non-hydrogen) atoms. The van der Waals surface area contributed by atoms with Gasteiger partial charge in [0.2, 0.25) is 5.03 Å². The van der Waals surface area contributed by atoms with Crippen LogP contribution in [0.15, 0.2) is 48.7 Å². The topological polar surface area (TPSA) is 50.3 Å². The number of nitrogens with zero attached hydrogens (tertiary/aromatic N) is 2. The Bertz CT molecular complexity index is 504. The zero-order valence-electron chi connectivity index (χ0n) is 9.21. The standard InChI is InChI=1S/C11H13FN2O2S/c1-3-8-14(9-4-2)17(15,16)11-10(12)6-5-7-13-11/h3-7H,1-2,8-9H2. The third kappa shape index (κ3) is 2.98. The van der Waals surface area contributed by atoms with Crippen molar-refractivity contribution in [3.8, 4) is 0 Å². The summed E-state index contributed by atoms with van der Waals surface area (Å²) in [5.41, 5.74) is 0. The van der Waals surface area contributed by atoms with Crippen LogP contribution in [-0.2, 0) is 10.0 Å². The van der Waals surface area contributed by atoms with Crippen LogP contribution in [-0.4, -0.2) is 30.8 Å². The van der Waals surface area contributed by atoms with Crippen LogP contribution in [0.4, 0.5) is 4.39 Å². The molecule has 0 spiro atoms. The molecule has 1 rings (SSSR count). The van der Waals surface area contributed by atoms with Crippen molar-refractivity contribution in [1.82, 2.24) is 9.29 Å². The van der Waals surface area contributed by atoms with Gasteiger partial charge in [-0.1, -0.05) is 12.2 Å². The van der Waals surface area contributed by atoms with Gasteiger partial charge in [0.15, 0.2) is 5.82 Å². The molecular formula is C11H13FN2O2S. The van der Waals surface area contributed by atoms with Crippen molar-refractivity contribution in [3.63, 3.8) is 0 Å². The Kier molecular flexibility index (Phi) is 4.53. The van der Waals surface area contributed by atoms with Crippen molar-refractivity contribution >= 4 is 10.0 Å². The van der Waals surface area contributed by atoms with E-state index < -0.39 is 20.9 Å². The summed E-state index contributed by atoms with van der Waals surface area (Å²) in [6.07, 6.45) is 4.07. The Hall–Kier alpha value is -1.53. The zero-order chi connectivity index (χ0) is 12.9. The highest BCUT2D eigenvalue weighted by molar-refractivity contribution is 7.89. The summed E-state index contributed by atoms with van der Waals surface area (Å²) in [5.74, 6) is -0.870. The summed E-state index contributed by atoms with van der Waals surface area (Å²) in [7, 11) is -3.95. The number of aromatic nitrogens is 1. The van der Waals surface area contributed by atoms with Gasteiger partial charge in [-0.05, 0) is 12.1 Å². The smallest absolute Gasteiger partial charge is 0.241 e. The molecule has 1 heterocycles. The normalized spacial score (nSPS) is 11.4. The summed E-state index contributed by atoms with van der Waals surface area (Å²) >= 11 is 0. The van der Waals surface area contributed by atoms with Crippen LogP contribution in [0, 0.1) is 5.82 Å². The summed E-state index contributed by atoms with van der Waals surface area (Å²) < 4.78 is 38.6. The lowest BCUT2D eigenvalue weighted by Crippen LogP contribution is -2.32. The molecule has 0 aliphatic carbocycles. The largest absolute Gasteiger partial charge is 0.264 e. The first-order valence-corrected chi connectivity index (χ1v) is 6.30. The molecule has 0 radical (unpaired) electrons. The molecule has 0 aliphatic heterocycles. The van der Waals surface area contributed by atoms with E-state index in [2.05, 4.69) is 18.1 Å². The molecule has 92 valence electrons. The maximum Gasteiger partial charge on any atom is 0.264 e. The predicted molar refractivity (Wildman–Crippen MR) is 63.3 cm³/mol. The van der Waals surface area contributed by atoms with Crippen LogP contribution in [0.2, 0.25) is 0 Å². The molecule has 0 N–H and O–H groups in total. The summed E-state index contributed by atoms with van der Waals surface area (Å²) in [4.78, 5) is 3.56. The van der Waals surface area contributed by atoms with Gasteiger partial charge in [-0.3, -0.25) is 0 Å². The van der Waals surface area contributed by atoms with E-state index in [-0.39, 0.29) is 13.1 Å². The van der Waals surface area contributed by atoms with E-state index in [0.717, 1.165) is 10.4 Å². The highest BCUT2D eigenvalue weighted by Gasteiger charge is 2.26. The van der Waals surface area contributed by atoms with Crippen molar-refractivity contribution in [2.75, 3.05) is 13.1 Å². The first kappa shape index (κ1) is 13.5. The second-order valence-corrected chi connectivity index (χ2v) is 5.04. The molecule has 4 nitrogen and oxygen atoms in total. The van der Waals surface area contributed by atoms with Gasteiger partial charge < -0.3 is 0 Å². The number of pyridine rings is 1. The second kappa shape index (κ2) is 5.70. The van der Waals surface area contributed by atoms with Crippen LogP contribution in [0.25, 0.3) is 0 Å². The lowest BCUT2D eigenvalue weighted by molar-refractivity contribution is 0.461. The van der Waals surface area contributed by atoms with Gasteiger partial charge in [-0.25, -0.2) is 17.8 Å². The Labute approximate surface area is 100 Å². The fourth-order valence-electron chi connectivity index (χ4n) is 1.24. The average molecular weight is 256 g/mol. The van der Waals surface area contributed by atoms with E-state index in [0.29, 0.717) is 0 Å². The monoisotopic (exact) mass is 256 g/mol. The van der Waals surface area contributed by atoms with Crippen LogP contribution < -0.4 is 0 Å². The zero-order valence-corrected chi connectivity index (χ0v) is 10.0. The van der Waals surface area contributed by atoms with Crippen LogP contribution in [0.3, 0.4) is 0 Å². The van der Waals surface area contributed by atoms with Crippen molar-refractivity contribution in [3.05, 3.63) is 49.5 Å². The second-order valence-electron chi connectivity index (χ2n) is 3.19. The number of sulfonamides is 1. The van der Waals surface area contributed by atoms with E-state index in [1.807, 2.05) is 0 Å². The Morgan fingerprint density at radius 3 is 2.41 bits per heavy atom. The lowest BCUT2D eigenvalue weighted by Gasteiger charge is -2.18. The summed E-state index contributed by atoms with van der Waals surface area (Å²) in [6, 6.07) is 2.39. The maximum atomic E-state index is 13.4. The SMILES string of the molecule is C=CCN(CC=C)S(=O)(=O)c1ncccc1F. The highest BCUT2D eigenvalue weighted by Crippen LogP contribution is 2.16. The quantitative estimate of drug-likeness (QED) is 0.726. The molecule has 0 saturated carbocycles. The van der Waals surface area contributed by atoms with Gasteiger partial charge in [0.25, 0.3) is 10.0 Å². The molecule has 0 bridgehead atoms. The molecule has 0 fully saturated rings. The van der Waals surface area contributed by atoms with E-state index >= 15 is 0 Å². The summed E-state index contributed by atoms with van der Waals surface area (Å²) in [5, 5.41) is -0.580. The molecule has 1 aromatic heterocycles. The molecule has 0 atom stereocenters. The maximum absolute atomic E-state index is 13.4. The lowest BCUT2D eigenvalue weighted by atomic mass is 10.5. The van der Waals surface area contributed by atoms with E-state index in [1.54, 1.807) is 0 Å². The average Bonchev–Trinajstić information content (AvgIpc) is 2.29. The van der Waals surface area contributed by atoms with Gasteiger partial charge in [0.05, 0.1) is 0 Å². The third-order valence-corrected chi connectivity index (χ3v) is 3.74. The van der Waals surface area contributed by atoms with Crippen molar-refractivity contribution in [1.29, 1.82) is 0 Å². The van der Waals surface area contributed by atoms with E-state index in [4.69, 9.17) is 0 Å². The van der Waals surface area contributed by atoms with E-state index in [1.165, 1.54) is 24.4 Å². The minimum absolute atomic E-state index is 0.0738. The molecular weight excluding hydrogens is 243 g/mol. The number of halogens is 1. The molecule has 0 aliphatic rings. The van der Waals surface area contributed by atoms with Crippen LogP contribution in [0.5, 0.6) is 0 Å². The third-order valence-electron chi connectivity index (χ3n) is 1.97. The van der Waals surface area contributed by atoms with Gasteiger partial charge in [0, 0.05) is 19.3 Å². The number of hydrogen-bond acceptors (Lipinski definition) is 3. The van der Waals surface area contributed by atoms with Crippen molar-refractivity contribution in [2.45, 2.75) is 5.03 Å². The highest BCUT2D eigenvalue weighted by atomic mass is 32.2. The van der Waals surface area contributed by atoms with Crippen LogP contribution in [0.1, 0.15) is 0 Å². The fraction of sp³-hybridized carbons (Fsp3) is 0.182.